The number of carbonyl (C=O) groups is 1. The van der Waals surface area contributed by atoms with Crippen LogP contribution >= 0.6 is 0 Å². The van der Waals surface area contributed by atoms with E-state index in [0.717, 1.165) is 36.2 Å². The fraction of sp³-hybridized carbons (Fsp3) is 0.318. The van der Waals surface area contributed by atoms with Crippen LogP contribution in [-0.4, -0.2) is 27.4 Å². The first kappa shape index (κ1) is 20.1. The summed E-state index contributed by atoms with van der Waals surface area (Å²) in [6, 6.07) is 12.7. The Hall–Kier alpha value is -2.62. The van der Waals surface area contributed by atoms with Crippen molar-refractivity contribution < 1.29 is 13.2 Å². The number of rotatable bonds is 4. The highest BCUT2D eigenvalue weighted by Crippen LogP contribution is 2.21. The van der Waals surface area contributed by atoms with E-state index in [4.69, 9.17) is 0 Å². The maximum absolute atomic E-state index is 12.4. The van der Waals surface area contributed by atoms with Crippen LogP contribution in [0.25, 0.3) is 0 Å². The SMILES string of the molecule is Cc1ccc(S(=O)(=O)NCC#Cc2ccc(N3CCCCC3=O)cc2)c(C)c1. The lowest BCUT2D eigenvalue weighted by atomic mass is 10.1. The lowest BCUT2D eigenvalue weighted by Crippen LogP contribution is -2.35. The van der Waals surface area contributed by atoms with Crippen LogP contribution in [0.4, 0.5) is 5.69 Å². The Labute approximate surface area is 166 Å². The Balaban J connectivity index is 1.62. The van der Waals surface area contributed by atoms with Gasteiger partial charge in [-0.1, -0.05) is 29.5 Å². The number of anilines is 1. The van der Waals surface area contributed by atoms with Crippen molar-refractivity contribution in [1.82, 2.24) is 4.72 Å². The van der Waals surface area contributed by atoms with Crippen molar-refractivity contribution in [1.29, 1.82) is 0 Å². The smallest absolute Gasteiger partial charge is 0.241 e. The van der Waals surface area contributed by atoms with Gasteiger partial charge in [0.15, 0.2) is 0 Å². The summed E-state index contributed by atoms with van der Waals surface area (Å²) in [4.78, 5) is 14.1. The minimum atomic E-state index is -3.59. The van der Waals surface area contributed by atoms with Crippen molar-refractivity contribution >= 4 is 21.6 Å². The van der Waals surface area contributed by atoms with Gasteiger partial charge in [-0.3, -0.25) is 4.79 Å². The van der Waals surface area contributed by atoms with Crippen molar-refractivity contribution in [3.8, 4) is 11.8 Å². The standard InChI is InChI=1S/C22H24N2O3S/c1-17-8-13-21(18(2)16-17)28(26,27)23-14-5-6-19-9-11-20(12-10-19)24-15-4-3-7-22(24)25/h8-13,16,23H,3-4,7,14-15H2,1-2H3. The Kier molecular flexibility index (Phi) is 6.18. The number of hydrogen-bond acceptors (Lipinski definition) is 3. The molecule has 1 N–H and O–H groups in total. The number of aryl methyl sites for hydroxylation is 2. The third-order valence-corrected chi connectivity index (χ3v) is 6.27. The maximum Gasteiger partial charge on any atom is 0.241 e. The molecular formula is C22H24N2O3S. The second-order valence-corrected chi connectivity index (χ2v) is 8.68. The molecule has 2 aromatic carbocycles. The van der Waals surface area contributed by atoms with E-state index in [0.29, 0.717) is 12.0 Å². The molecule has 0 radical (unpaired) electrons. The largest absolute Gasteiger partial charge is 0.312 e. The zero-order valence-corrected chi connectivity index (χ0v) is 17.0. The molecule has 2 aromatic rings. The van der Waals surface area contributed by atoms with Gasteiger partial charge in [0.2, 0.25) is 15.9 Å². The fourth-order valence-electron chi connectivity index (χ4n) is 3.26. The van der Waals surface area contributed by atoms with E-state index < -0.39 is 10.0 Å². The average Bonchev–Trinajstić information content (AvgIpc) is 2.66. The van der Waals surface area contributed by atoms with Gasteiger partial charge in [-0.15, -0.1) is 0 Å². The summed E-state index contributed by atoms with van der Waals surface area (Å²) in [6.07, 6.45) is 2.58. The van der Waals surface area contributed by atoms with Gasteiger partial charge in [0.25, 0.3) is 0 Å². The summed E-state index contributed by atoms with van der Waals surface area (Å²) in [5.74, 6) is 5.96. The van der Waals surface area contributed by atoms with Crippen molar-refractivity contribution in [2.24, 2.45) is 0 Å². The lowest BCUT2D eigenvalue weighted by Gasteiger charge is -2.26. The second kappa shape index (κ2) is 8.59. The monoisotopic (exact) mass is 396 g/mol. The van der Waals surface area contributed by atoms with Crippen LogP contribution in [0, 0.1) is 25.7 Å². The van der Waals surface area contributed by atoms with Crippen LogP contribution in [0.15, 0.2) is 47.4 Å². The van der Waals surface area contributed by atoms with Crippen molar-refractivity contribution in [2.75, 3.05) is 18.0 Å². The highest BCUT2D eigenvalue weighted by molar-refractivity contribution is 7.89. The first-order chi connectivity index (χ1) is 13.4. The zero-order chi connectivity index (χ0) is 20.1. The summed E-state index contributed by atoms with van der Waals surface area (Å²) >= 11 is 0. The summed E-state index contributed by atoms with van der Waals surface area (Å²) in [7, 11) is -3.59. The van der Waals surface area contributed by atoms with Gasteiger partial charge in [-0.2, -0.15) is 4.72 Å². The van der Waals surface area contributed by atoms with Crippen LogP contribution in [0.1, 0.15) is 36.0 Å². The van der Waals surface area contributed by atoms with Crippen molar-refractivity contribution in [3.63, 3.8) is 0 Å². The Morgan fingerprint density at radius 1 is 1.07 bits per heavy atom. The second-order valence-electron chi connectivity index (χ2n) is 6.94. The minimum Gasteiger partial charge on any atom is -0.312 e. The molecule has 1 aliphatic rings. The van der Waals surface area contributed by atoms with Gasteiger partial charge < -0.3 is 4.90 Å². The van der Waals surface area contributed by atoms with Crippen molar-refractivity contribution in [3.05, 3.63) is 59.2 Å². The number of hydrogen-bond donors (Lipinski definition) is 1. The number of nitrogens with one attached hydrogen (secondary N) is 1. The molecule has 3 rings (SSSR count). The van der Waals surface area contributed by atoms with E-state index in [1.807, 2.05) is 37.3 Å². The minimum absolute atomic E-state index is 0.0298. The van der Waals surface area contributed by atoms with E-state index in [2.05, 4.69) is 16.6 Å². The van der Waals surface area contributed by atoms with Crippen LogP contribution < -0.4 is 9.62 Å². The van der Waals surface area contributed by atoms with Crippen LogP contribution in [0.3, 0.4) is 0 Å². The molecule has 0 bridgehead atoms. The molecule has 0 aliphatic carbocycles. The molecule has 5 nitrogen and oxygen atoms in total. The molecule has 1 aliphatic heterocycles. The van der Waals surface area contributed by atoms with Crippen LogP contribution in [0.2, 0.25) is 0 Å². The number of nitrogens with zero attached hydrogens (tertiary/aromatic N) is 1. The summed E-state index contributed by atoms with van der Waals surface area (Å²) in [5, 5.41) is 0. The third kappa shape index (κ3) is 4.80. The van der Waals surface area contributed by atoms with Gasteiger partial charge in [0, 0.05) is 24.2 Å². The molecule has 0 aromatic heterocycles. The van der Waals surface area contributed by atoms with E-state index in [1.54, 1.807) is 24.0 Å². The summed E-state index contributed by atoms with van der Waals surface area (Å²) < 4.78 is 27.3. The zero-order valence-electron chi connectivity index (χ0n) is 16.2. The van der Waals surface area contributed by atoms with E-state index in [-0.39, 0.29) is 17.3 Å². The number of carbonyl (C=O) groups excluding carboxylic acids is 1. The molecule has 146 valence electrons. The van der Waals surface area contributed by atoms with Gasteiger partial charge in [0.05, 0.1) is 11.4 Å². The van der Waals surface area contributed by atoms with Gasteiger partial charge in [-0.05, 0) is 62.6 Å². The molecular weight excluding hydrogens is 372 g/mol. The molecule has 0 saturated carbocycles. The van der Waals surface area contributed by atoms with Crippen LogP contribution in [0.5, 0.6) is 0 Å². The Bertz CT molecular complexity index is 1030. The first-order valence-electron chi connectivity index (χ1n) is 9.33. The molecule has 1 heterocycles. The topological polar surface area (TPSA) is 66.5 Å². The van der Waals surface area contributed by atoms with E-state index >= 15 is 0 Å². The molecule has 0 atom stereocenters. The normalized spacial score (nSPS) is 14.5. The number of amides is 1. The predicted molar refractivity (Wildman–Crippen MR) is 111 cm³/mol. The molecule has 0 spiro atoms. The number of benzene rings is 2. The van der Waals surface area contributed by atoms with Crippen LogP contribution in [-0.2, 0) is 14.8 Å². The Morgan fingerprint density at radius 3 is 2.50 bits per heavy atom. The summed E-state index contributed by atoms with van der Waals surface area (Å²) in [6.45, 7) is 4.49. The van der Waals surface area contributed by atoms with Gasteiger partial charge >= 0.3 is 0 Å². The average molecular weight is 397 g/mol. The predicted octanol–water partition coefficient (Wildman–Crippen LogP) is 3.15. The Morgan fingerprint density at radius 2 is 1.82 bits per heavy atom. The maximum atomic E-state index is 12.4. The van der Waals surface area contributed by atoms with Crippen molar-refractivity contribution in [2.45, 2.75) is 38.0 Å². The first-order valence-corrected chi connectivity index (χ1v) is 10.8. The number of sulfonamides is 1. The molecule has 1 amide bonds. The fourth-order valence-corrected chi connectivity index (χ4v) is 4.41. The molecule has 6 heteroatoms. The molecule has 1 saturated heterocycles. The quantitative estimate of drug-likeness (QED) is 0.808. The van der Waals surface area contributed by atoms with Gasteiger partial charge in [-0.25, -0.2) is 8.42 Å². The third-order valence-electron chi connectivity index (χ3n) is 4.71. The lowest BCUT2D eigenvalue weighted by molar-refractivity contribution is -0.119. The van der Waals surface area contributed by atoms with E-state index in [1.165, 1.54) is 0 Å². The van der Waals surface area contributed by atoms with Gasteiger partial charge in [0.1, 0.15) is 0 Å². The summed E-state index contributed by atoms with van der Waals surface area (Å²) in [5.41, 5.74) is 3.39. The molecule has 28 heavy (non-hydrogen) atoms. The number of piperidine rings is 1. The molecule has 1 fully saturated rings. The highest BCUT2D eigenvalue weighted by atomic mass is 32.2. The van der Waals surface area contributed by atoms with E-state index in [9.17, 15) is 13.2 Å². The molecule has 0 unspecified atom stereocenters. The highest BCUT2D eigenvalue weighted by Gasteiger charge is 2.19.